The zero-order valence-electron chi connectivity index (χ0n) is 13.5. The molecule has 1 aliphatic rings. The average molecular weight is 346 g/mol. The van der Waals surface area contributed by atoms with Crippen molar-refractivity contribution in [3.8, 4) is 0 Å². The van der Waals surface area contributed by atoms with Gasteiger partial charge in [0.15, 0.2) is 0 Å². The first-order valence-corrected chi connectivity index (χ1v) is 8.56. The van der Waals surface area contributed by atoms with Crippen molar-refractivity contribution in [2.24, 2.45) is 0 Å². The Kier molecular flexibility index (Phi) is 4.64. The molecule has 7 heteroatoms. The fourth-order valence-electron chi connectivity index (χ4n) is 2.72. The average Bonchev–Trinajstić information content (AvgIpc) is 3.19. The number of carbonyl (C=O) groups excluding carboxylic acids is 1. The van der Waals surface area contributed by atoms with E-state index in [1.165, 1.54) is 17.4 Å². The molecule has 1 atom stereocenters. The molecule has 0 aliphatic carbocycles. The second-order valence-electron chi connectivity index (χ2n) is 5.81. The van der Waals surface area contributed by atoms with Crippen molar-refractivity contribution in [2.75, 3.05) is 11.9 Å². The van der Waals surface area contributed by atoms with Gasteiger partial charge in [0.25, 0.3) is 5.91 Å². The van der Waals surface area contributed by atoms with E-state index in [1.54, 1.807) is 18.4 Å². The van der Waals surface area contributed by atoms with Crippen LogP contribution >= 0.6 is 11.3 Å². The molecule has 2 heterocycles. The van der Waals surface area contributed by atoms with Crippen molar-refractivity contribution >= 4 is 28.9 Å². The maximum absolute atomic E-state index is 12.4. The van der Waals surface area contributed by atoms with Crippen molar-refractivity contribution in [3.05, 3.63) is 44.9 Å². The number of carboxylic acids is 1. The lowest BCUT2D eigenvalue weighted by molar-refractivity contribution is 0.0695. The third kappa shape index (κ3) is 3.32. The predicted molar refractivity (Wildman–Crippen MR) is 90.9 cm³/mol. The molecule has 1 amide bonds. The van der Waals surface area contributed by atoms with E-state index in [-0.39, 0.29) is 17.6 Å². The Morgan fingerprint density at radius 2 is 2.12 bits per heavy atom. The van der Waals surface area contributed by atoms with Crippen LogP contribution in [-0.2, 0) is 4.74 Å². The van der Waals surface area contributed by atoms with Crippen LogP contribution in [0.2, 0.25) is 0 Å². The van der Waals surface area contributed by atoms with Gasteiger partial charge >= 0.3 is 5.97 Å². The van der Waals surface area contributed by atoms with Crippen LogP contribution in [0.4, 0.5) is 5.69 Å². The number of hydrogen-bond donors (Lipinski definition) is 2. The Morgan fingerprint density at radius 3 is 2.79 bits per heavy atom. The first kappa shape index (κ1) is 16.6. The third-order valence-electron chi connectivity index (χ3n) is 4.01. The number of aromatic carboxylic acids is 1. The van der Waals surface area contributed by atoms with Crippen molar-refractivity contribution in [1.29, 1.82) is 0 Å². The van der Waals surface area contributed by atoms with Gasteiger partial charge in [-0.25, -0.2) is 9.78 Å². The molecule has 2 N–H and O–H groups in total. The highest BCUT2D eigenvalue weighted by Crippen LogP contribution is 2.31. The van der Waals surface area contributed by atoms with Crippen LogP contribution in [-0.4, -0.2) is 28.6 Å². The topological polar surface area (TPSA) is 88.5 Å². The fraction of sp³-hybridized carbons (Fsp3) is 0.353. The van der Waals surface area contributed by atoms with E-state index in [0.717, 1.165) is 30.0 Å². The number of carboxylic acid groups (broad SMARTS) is 1. The Bertz CT molecular complexity index is 794. The van der Waals surface area contributed by atoms with Gasteiger partial charge in [0, 0.05) is 17.7 Å². The van der Waals surface area contributed by atoms with E-state index >= 15 is 0 Å². The molecule has 126 valence electrons. The largest absolute Gasteiger partial charge is 0.478 e. The second-order valence-corrected chi connectivity index (χ2v) is 6.70. The number of nitrogens with one attached hydrogen (secondary N) is 1. The lowest BCUT2D eigenvalue weighted by Gasteiger charge is -2.10. The fourth-order valence-corrected chi connectivity index (χ4v) is 3.60. The highest BCUT2D eigenvalue weighted by Gasteiger charge is 2.22. The Hall–Kier alpha value is -2.25. The number of carbonyl (C=O) groups is 2. The van der Waals surface area contributed by atoms with Gasteiger partial charge in [0.2, 0.25) is 0 Å². The van der Waals surface area contributed by atoms with Crippen molar-refractivity contribution in [3.63, 3.8) is 0 Å². The summed E-state index contributed by atoms with van der Waals surface area (Å²) >= 11 is 1.41. The number of benzene rings is 1. The molecule has 1 aliphatic heterocycles. The van der Waals surface area contributed by atoms with Crippen LogP contribution in [0.25, 0.3) is 0 Å². The van der Waals surface area contributed by atoms with Gasteiger partial charge in [-0.05, 0) is 43.9 Å². The molecule has 0 saturated carbocycles. The van der Waals surface area contributed by atoms with Crippen LogP contribution in [0.1, 0.15) is 55.9 Å². The molecule has 1 saturated heterocycles. The van der Waals surface area contributed by atoms with E-state index in [4.69, 9.17) is 4.74 Å². The van der Waals surface area contributed by atoms with Gasteiger partial charge in [-0.2, -0.15) is 0 Å². The van der Waals surface area contributed by atoms with Gasteiger partial charge < -0.3 is 15.2 Å². The third-order valence-corrected chi connectivity index (χ3v) is 4.95. The molecule has 0 radical (unpaired) electrons. The van der Waals surface area contributed by atoms with Gasteiger partial charge in [-0.3, -0.25) is 4.79 Å². The summed E-state index contributed by atoms with van der Waals surface area (Å²) in [4.78, 5) is 28.0. The Balaban J connectivity index is 1.79. The second kappa shape index (κ2) is 6.70. The summed E-state index contributed by atoms with van der Waals surface area (Å²) in [7, 11) is 0. The molecule has 0 bridgehead atoms. The minimum atomic E-state index is -1.02. The minimum absolute atomic E-state index is 0.0173. The molecule has 3 rings (SSSR count). The van der Waals surface area contributed by atoms with Gasteiger partial charge in [-0.15, -0.1) is 11.3 Å². The maximum Gasteiger partial charge on any atom is 0.336 e. The zero-order chi connectivity index (χ0) is 17.3. The number of rotatable bonds is 4. The van der Waals surface area contributed by atoms with Crippen LogP contribution in [0.5, 0.6) is 0 Å². The molecule has 1 fully saturated rings. The van der Waals surface area contributed by atoms with Crippen LogP contribution in [0.15, 0.2) is 17.5 Å². The standard InChI is InChI=1S/C17H18N2O4S/c1-9-6-10(2)12(7-11(9)17(21)22)18-15(20)13-8-24-16(19-13)14-4-3-5-23-14/h6-8,14H,3-5H2,1-2H3,(H,18,20)(H,21,22). The molecule has 1 aromatic carbocycles. The number of amides is 1. The molecule has 1 aromatic heterocycles. The quantitative estimate of drug-likeness (QED) is 0.883. The molecule has 0 spiro atoms. The number of aromatic nitrogens is 1. The summed E-state index contributed by atoms with van der Waals surface area (Å²) in [6.45, 7) is 4.29. The lowest BCUT2D eigenvalue weighted by atomic mass is 10.0. The van der Waals surface area contributed by atoms with Crippen LogP contribution < -0.4 is 5.32 Å². The normalized spacial score (nSPS) is 17.0. The summed E-state index contributed by atoms with van der Waals surface area (Å²) in [6.07, 6.45) is 1.91. The summed E-state index contributed by atoms with van der Waals surface area (Å²) in [6, 6.07) is 3.23. The van der Waals surface area contributed by atoms with E-state index in [1.807, 2.05) is 6.92 Å². The smallest absolute Gasteiger partial charge is 0.336 e. The highest BCUT2D eigenvalue weighted by molar-refractivity contribution is 7.09. The molecule has 24 heavy (non-hydrogen) atoms. The SMILES string of the molecule is Cc1cc(C)c(C(=O)O)cc1NC(=O)c1csc(C2CCCO2)n1. The number of ether oxygens (including phenoxy) is 1. The first-order valence-electron chi connectivity index (χ1n) is 7.68. The Labute approximate surface area is 143 Å². The number of nitrogens with zero attached hydrogens (tertiary/aromatic N) is 1. The number of thiazole rings is 1. The molecule has 2 aromatic rings. The summed E-state index contributed by atoms with van der Waals surface area (Å²) in [5, 5.41) is 14.5. The zero-order valence-corrected chi connectivity index (χ0v) is 14.3. The maximum atomic E-state index is 12.4. The summed E-state index contributed by atoms with van der Waals surface area (Å²) < 4.78 is 5.58. The van der Waals surface area contributed by atoms with Crippen molar-refractivity contribution in [2.45, 2.75) is 32.8 Å². The molecular weight excluding hydrogens is 328 g/mol. The van der Waals surface area contributed by atoms with Gasteiger partial charge in [-0.1, -0.05) is 6.07 Å². The molecule has 1 unspecified atom stereocenters. The number of anilines is 1. The van der Waals surface area contributed by atoms with Crippen LogP contribution in [0.3, 0.4) is 0 Å². The van der Waals surface area contributed by atoms with Crippen molar-refractivity contribution in [1.82, 2.24) is 4.98 Å². The van der Waals surface area contributed by atoms with Crippen molar-refractivity contribution < 1.29 is 19.4 Å². The van der Waals surface area contributed by atoms with Crippen LogP contribution in [0, 0.1) is 13.8 Å². The first-order chi connectivity index (χ1) is 11.5. The summed E-state index contributed by atoms with van der Waals surface area (Å²) in [5.41, 5.74) is 2.44. The lowest BCUT2D eigenvalue weighted by Crippen LogP contribution is -2.14. The number of aryl methyl sites for hydroxylation is 2. The monoisotopic (exact) mass is 346 g/mol. The van der Waals surface area contributed by atoms with E-state index in [2.05, 4.69) is 10.3 Å². The number of hydrogen-bond acceptors (Lipinski definition) is 5. The van der Waals surface area contributed by atoms with Gasteiger partial charge in [0.05, 0.1) is 5.56 Å². The summed E-state index contributed by atoms with van der Waals surface area (Å²) in [5.74, 6) is -1.36. The predicted octanol–water partition coefficient (Wildman–Crippen LogP) is 3.56. The van der Waals surface area contributed by atoms with E-state index < -0.39 is 5.97 Å². The minimum Gasteiger partial charge on any atom is -0.478 e. The Morgan fingerprint density at radius 1 is 1.33 bits per heavy atom. The highest BCUT2D eigenvalue weighted by atomic mass is 32.1. The molecule has 6 nitrogen and oxygen atoms in total. The van der Waals surface area contributed by atoms with E-state index in [9.17, 15) is 14.7 Å². The van der Waals surface area contributed by atoms with E-state index in [0.29, 0.717) is 16.9 Å². The molecular formula is C17H18N2O4S. The van der Waals surface area contributed by atoms with Gasteiger partial charge in [0.1, 0.15) is 16.8 Å².